The van der Waals surface area contributed by atoms with Crippen LogP contribution in [0, 0.1) is 0 Å². The van der Waals surface area contributed by atoms with E-state index in [1.165, 1.54) is 29.8 Å². The smallest absolute Gasteiger partial charge is 0.0910 e. The lowest BCUT2D eigenvalue weighted by atomic mass is 10.0. The third-order valence-corrected chi connectivity index (χ3v) is 5.29. The van der Waals surface area contributed by atoms with Crippen molar-refractivity contribution in [3.05, 3.63) is 59.1 Å². The van der Waals surface area contributed by atoms with Crippen molar-refractivity contribution in [1.29, 1.82) is 0 Å². The van der Waals surface area contributed by atoms with E-state index >= 15 is 0 Å². The Kier molecular flexibility index (Phi) is 4.15. The molecule has 0 amide bonds. The van der Waals surface area contributed by atoms with Gasteiger partial charge in [-0.1, -0.05) is 41.9 Å². The molecule has 0 spiro atoms. The Bertz CT molecular complexity index is 682. The Hall–Kier alpha value is -1.71. The summed E-state index contributed by atoms with van der Waals surface area (Å²) in [6.07, 6.45) is 2.43. The van der Waals surface area contributed by atoms with Crippen LogP contribution in [0.3, 0.4) is 0 Å². The minimum Gasteiger partial charge on any atom is -0.349 e. The van der Waals surface area contributed by atoms with E-state index in [9.17, 15) is 0 Å². The molecule has 2 aromatic rings. The number of piperidine rings is 1. The summed E-state index contributed by atoms with van der Waals surface area (Å²) < 4.78 is 0. The maximum absolute atomic E-state index is 6.37. The maximum atomic E-state index is 6.37. The van der Waals surface area contributed by atoms with Gasteiger partial charge in [0.1, 0.15) is 0 Å². The first-order chi connectivity index (χ1) is 11.3. The molecule has 120 valence electrons. The SMILES string of the molecule is Clc1ccccc1CN1CN(C2CCNCC2)c2ccccc21. The molecular weight excluding hydrogens is 306 g/mol. The van der Waals surface area contributed by atoms with Crippen molar-refractivity contribution in [3.8, 4) is 0 Å². The first-order valence-electron chi connectivity index (χ1n) is 8.37. The molecule has 4 rings (SSSR count). The van der Waals surface area contributed by atoms with Crippen LogP contribution in [0.1, 0.15) is 18.4 Å². The molecule has 3 nitrogen and oxygen atoms in total. The Labute approximate surface area is 142 Å². The molecule has 4 heteroatoms. The van der Waals surface area contributed by atoms with Gasteiger partial charge in [-0.05, 0) is 49.7 Å². The van der Waals surface area contributed by atoms with Crippen LogP contribution in [0.4, 0.5) is 11.4 Å². The van der Waals surface area contributed by atoms with Crippen molar-refractivity contribution < 1.29 is 0 Å². The number of halogens is 1. The fraction of sp³-hybridized carbons (Fsp3) is 0.368. The zero-order valence-electron chi connectivity index (χ0n) is 13.2. The van der Waals surface area contributed by atoms with E-state index in [4.69, 9.17) is 11.6 Å². The average molecular weight is 328 g/mol. The predicted octanol–water partition coefficient (Wildman–Crippen LogP) is 3.88. The van der Waals surface area contributed by atoms with Gasteiger partial charge in [0, 0.05) is 17.6 Å². The fourth-order valence-electron chi connectivity index (χ4n) is 3.71. The molecule has 0 aliphatic carbocycles. The Balaban J connectivity index is 1.61. The summed E-state index contributed by atoms with van der Waals surface area (Å²) in [6.45, 7) is 4.05. The molecule has 0 unspecified atom stereocenters. The highest BCUT2D eigenvalue weighted by molar-refractivity contribution is 6.31. The van der Waals surface area contributed by atoms with Gasteiger partial charge in [0.15, 0.2) is 0 Å². The van der Waals surface area contributed by atoms with E-state index < -0.39 is 0 Å². The van der Waals surface area contributed by atoms with Crippen LogP contribution in [0.5, 0.6) is 0 Å². The van der Waals surface area contributed by atoms with Gasteiger partial charge in [0.2, 0.25) is 0 Å². The van der Waals surface area contributed by atoms with Gasteiger partial charge in [-0.3, -0.25) is 0 Å². The Morgan fingerprint density at radius 2 is 1.65 bits per heavy atom. The second kappa shape index (κ2) is 6.42. The van der Waals surface area contributed by atoms with Crippen molar-refractivity contribution in [2.75, 3.05) is 29.6 Å². The molecule has 0 atom stereocenters. The number of benzene rings is 2. The summed E-state index contributed by atoms with van der Waals surface area (Å²) in [5.74, 6) is 0. The number of para-hydroxylation sites is 2. The van der Waals surface area contributed by atoms with Crippen molar-refractivity contribution >= 4 is 23.0 Å². The molecule has 2 aromatic carbocycles. The fourth-order valence-corrected chi connectivity index (χ4v) is 3.90. The van der Waals surface area contributed by atoms with E-state index in [1.807, 2.05) is 12.1 Å². The summed E-state index contributed by atoms with van der Waals surface area (Å²) in [5, 5.41) is 4.32. The van der Waals surface area contributed by atoms with Gasteiger partial charge in [-0.2, -0.15) is 0 Å². The van der Waals surface area contributed by atoms with E-state index in [2.05, 4.69) is 51.5 Å². The lowest BCUT2D eigenvalue weighted by molar-refractivity contribution is 0.433. The van der Waals surface area contributed by atoms with Crippen LogP contribution < -0.4 is 15.1 Å². The summed E-state index contributed by atoms with van der Waals surface area (Å²) in [5.41, 5.74) is 3.88. The zero-order chi connectivity index (χ0) is 15.6. The highest BCUT2D eigenvalue weighted by atomic mass is 35.5. The number of anilines is 2. The predicted molar refractivity (Wildman–Crippen MR) is 97.3 cm³/mol. The zero-order valence-corrected chi connectivity index (χ0v) is 14.0. The second-order valence-corrected chi connectivity index (χ2v) is 6.78. The molecule has 1 N–H and O–H groups in total. The number of fused-ring (bicyclic) bond motifs is 1. The molecule has 23 heavy (non-hydrogen) atoms. The standard InChI is InChI=1S/C19H22ClN3/c20-17-6-2-1-5-15(17)13-22-14-23(16-9-11-21-12-10-16)19-8-4-3-7-18(19)22/h1-8,16,21H,9-14H2. The molecule has 0 bridgehead atoms. The first kappa shape index (κ1) is 14.9. The number of hydrogen-bond donors (Lipinski definition) is 1. The van der Waals surface area contributed by atoms with Crippen molar-refractivity contribution in [3.63, 3.8) is 0 Å². The number of nitrogens with zero attached hydrogens (tertiary/aromatic N) is 2. The molecule has 2 aliphatic heterocycles. The molecule has 2 heterocycles. The summed E-state index contributed by atoms with van der Waals surface area (Å²) in [4.78, 5) is 5.02. The van der Waals surface area contributed by atoms with Crippen LogP contribution in [0.15, 0.2) is 48.5 Å². The summed E-state index contributed by atoms with van der Waals surface area (Å²) >= 11 is 6.37. The summed E-state index contributed by atoms with van der Waals surface area (Å²) in [6, 6.07) is 17.5. The highest BCUT2D eigenvalue weighted by Crippen LogP contribution is 2.39. The van der Waals surface area contributed by atoms with Gasteiger partial charge in [-0.15, -0.1) is 0 Å². The lowest BCUT2D eigenvalue weighted by Gasteiger charge is -2.33. The van der Waals surface area contributed by atoms with Crippen LogP contribution in [-0.2, 0) is 6.54 Å². The van der Waals surface area contributed by atoms with Gasteiger partial charge in [-0.25, -0.2) is 0 Å². The van der Waals surface area contributed by atoms with E-state index in [0.29, 0.717) is 6.04 Å². The topological polar surface area (TPSA) is 18.5 Å². The molecular formula is C19H22ClN3. The molecule has 0 aromatic heterocycles. The molecule has 1 saturated heterocycles. The second-order valence-electron chi connectivity index (χ2n) is 6.37. The lowest BCUT2D eigenvalue weighted by Crippen LogP contribution is -2.44. The van der Waals surface area contributed by atoms with Crippen LogP contribution >= 0.6 is 11.6 Å². The van der Waals surface area contributed by atoms with Gasteiger partial charge in [0.25, 0.3) is 0 Å². The largest absolute Gasteiger partial charge is 0.349 e. The number of hydrogen-bond acceptors (Lipinski definition) is 3. The van der Waals surface area contributed by atoms with Crippen molar-refractivity contribution in [1.82, 2.24) is 5.32 Å². The monoisotopic (exact) mass is 327 g/mol. The minimum atomic E-state index is 0.633. The van der Waals surface area contributed by atoms with E-state index in [1.54, 1.807) is 0 Å². The van der Waals surface area contributed by atoms with Crippen LogP contribution in [0.25, 0.3) is 0 Å². The minimum absolute atomic E-state index is 0.633. The maximum Gasteiger partial charge on any atom is 0.0910 e. The number of rotatable bonds is 3. The van der Waals surface area contributed by atoms with E-state index in [0.717, 1.165) is 31.3 Å². The highest BCUT2D eigenvalue weighted by Gasteiger charge is 2.31. The van der Waals surface area contributed by atoms with Crippen LogP contribution in [0.2, 0.25) is 5.02 Å². The Morgan fingerprint density at radius 3 is 2.43 bits per heavy atom. The van der Waals surface area contributed by atoms with E-state index in [-0.39, 0.29) is 0 Å². The molecule has 0 saturated carbocycles. The third kappa shape index (κ3) is 2.91. The number of nitrogens with one attached hydrogen (secondary N) is 1. The average Bonchev–Trinajstić information content (AvgIpc) is 2.97. The van der Waals surface area contributed by atoms with Crippen molar-refractivity contribution in [2.24, 2.45) is 0 Å². The first-order valence-corrected chi connectivity index (χ1v) is 8.75. The van der Waals surface area contributed by atoms with Gasteiger partial charge in [0.05, 0.1) is 18.0 Å². The molecule has 0 radical (unpaired) electrons. The van der Waals surface area contributed by atoms with Crippen molar-refractivity contribution in [2.45, 2.75) is 25.4 Å². The van der Waals surface area contributed by atoms with Gasteiger partial charge < -0.3 is 15.1 Å². The Morgan fingerprint density at radius 1 is 0.957 bits per heavy atom. The van der Waals surface area contributed by atoms with Gasteiger partial charge >= 0.3 is 0 Å². The van der Waals surface area contributed by atoms with Crippen LogP contribution in [-0.4, -0.2) is 25.8 Å². The molecule has 1 fully saturated rings. The quantitative estimate of drug-likeness (QED) is 0.923. The third-order valence-electron chi connectivity index (χ3n) is 4.92. The molecule has 2 aliphatic rings. The summed E-state index contributed by atoms with van der Waals surface area (Å²) in [7, 11) is 0. The normalized spacial score (nSPS) is 18.3.